The summed E-state index contributed by atoms with van der Waals surface area (Å²) in [6, 6.07) is 13.0. The van der Waals surface area contributed by atoms with Crippen molar-refractivity contribution in [2.75, 3.05) is 11.1 Å². The van der Waals surface area contributed by atoms with E-state index in [1.54, 1.807) is 6.07 Å². The van der Waals surface area contributed by atoms with Crippen LogP contribution >= 0.6 is 34.7 Å². The number of anilines is 1. The molecule has 2 aromatic heterocycles. The number of amides is 1. The number of rotatable bonds is 5. The summed E-state index contributed by atoms with van der Waals surface area (Å²) in [5, 5.41) is 5.04. The lowest BCUT2D eigenvalue weighted by Crippen LogP contribution is -2.22. The van der Waals surface area contributed by atoms with Gasteiger partial charge in [-0.2, -0.15) is 0 Å². The number of aromatic nitrogens is 2. The number of nitrogens with zero attached hydrogens (tertiary/aromatic N) is 2. The number of fused-ring (bicyclic) bond motifs is 1. The average Bonchev–Trinajstić information content (AvgIpc) is 3.18. The highest BCUT2D eigenvalue weighted by Gasteiger charge is 2.16. The van der Waals surface area contributed by atoms with Crippen molar-refractivity contribution in [3.63, 3.8) is 0 Å². The van der Waals surface area contributed by atoms with Gasteiger partial charge in [-0.25, -0.2) is 9.37 Å². The Labute approximate surface area is 184 Å². The molecule has 30 heavy (non-hydrogen) atoms. The molecule has 0 fully saturated rings. The first-order chi connectivity index (χ1) is 14.4. The lowest BCUT2D eigenvalue weighted by Gasteiger charge is -2.13. The molecule has 0 saturated heterocycles. The topological polar surface area (TPSA) is 64.0 Å². The molecule has 0 radical (unpaired) electrons. The van der Waals surface area contributed by atoms with E-state index in [4.69, 9.17) is 11.6 Å². The highest BCUT2D eigenvalue weighted by Crippen LogP contribution is 2.26. The third kappa shape index (κ3) is 4.26. The molecule has 2 heterocycles. The molecule has 152 valence electrons. The van der Waals surface area contributed by atoms with Crippen molar-refractivity contribution in [1.29, 1.82) is 0 Å². The summed E-state index contributed by atoms with van der Waals surface area (Å²) in [7, 11) is 0. The minimum atomic E-state index is -0.500. The summed E-state index contributed by atoms with van der Waals surface area (Å²) in [5.74, 6) is -0.913. The van der Waals surface area contributed by atoms with Crippen LogP contribution < -0.4 is 10.9 Å². The molecule has 0 spiro atoms. The van der Waals surface area contributed by atoms with Gasteiger partial charge in [0.2, 0.25) is 5.91 Å². The van der Waals surface area contributed by atoms with Gasteiger partial charge in [-0.3, -0.25) is 14.2 Å². The van der Waals surface area contributed by atoms with Gasteiger partial charge in [0.15, 0.2) is 5.16 Å². The van der Waals surface area contributed by atoms with Crippen LogP contribution in [0.5, 0.6) is 0 Å². The molecule has 9 heteroatoms. The van der Waals surface area contributed by atoms with Gasteiger partial charge >= 0.3 is 0 Å². The molecule has 0 unspecified atom stereocenters. The zero-order valence-electron chi connectivity index (χ0n) is 15.7. The fourth-order valence-corrected chi connectivity index (χ4v) is 4.63. The average molecular weight is 460 g/mol. The zero-order chi connectivity index (χ0) is 21.3. The van der Waals surface area contributed by atoms with Gasteiger partial charge in [0.05, 0.1) is 27.7 Å². The minimum Gasteiger partial charge on any atom is -0.324 e. The maximum Gasteiger partial charge on any atom is 0.276 e. The van der Waals surface area contributed by atoms with Crippen molar-refractivity contribution in [3.8, 4) is 5.69 Å². The third-order valence-electron chi connectivity index (χ3n) is 4.24. The van der Waals surface area contributed by atoms with E-state index in [1.165, 1.54) is 28.0 Å². The fraction of sp³-hybridized carbons (Fsp3) is 0.0952. The van der Waals surface area contributed by atoms with Crippen LogP contribution in [0.15, 0.2) is 63.9 Å². The molecule has 1 N–H and O–H groups in total. The molecule has 2 aromatic carbocycles. The van der Waals surface area contributed by atoms with E-state index in [0.29, 0.717) is 21.1 Å². The first-order valence-electron chi connectivity index (χ1n) is 8.87. The quantitative estimate of drug-likeness (QED) is 0.326. The van der Waals surface area contributed by atoms with Gasteiger partial charge in [0.25, 0.3) is 5.56 Å². The summed E-state index contributed by atoms with van der Waals surface area (Å²) in [5.41, 5.74) is 2.28. The molecular formula is C21H15ClFN3O2S2. The van der Waals surface area contributed by atoms with E-state index < -0.39 is 5.82 Å². The number of carbonyl (C=O) groups is 1. The largest absolute Gasteiger partial charge is 0.324 e. The van der Waals surface area contributed by atoms with E-state index in [-0.39, 0.29) is 27.9 Å². The summed E-state index contributed by atoms with van der Waals surface area (Å²) in [4.78, 5) is 30.1. The predicted octanol–water partition coefficient (Wildman–Crippen LogP) is 5.28. The highest BCUT2D eigenvalue weighted by atomic mass is 35.5. The lowest BCUT2D eigenvalue weighted by atomic mass is 10.2. The second kappa shape index (κ2) is 8.59. The summed E-state index contributed by atoms with van der Waals surface area (Å²) in [6.07, 6.45) is 0. The number of thioether (sulfide) groups is 1. The van der Waals surface area contributed by atoms with Crippen LogP contribution in [0.3, 0.4) is 0 Å². The Morgan fingerprint density at radius 2 is 2.10 bits per heavy atom. The van der Waals surface area contributed by atoms with Crippen molar-refractivity contribution in [2.45, 2.75) is 12.1 Å². The number of hydrogen-bond donors (Lipinski definition) is 1. The van der Waals surface area contributed by atoms with Crippen molar-refractivity contribution >= 4 is 56.5 Å². The normalized spacial score (nSPS) is 11.0. The van der Waals surface area contributed by atoms with Crippen molar-refractivity contribution in [3.05, 3.63) is 80.7 Å². The maximum atomic E-state index is 13.4. The standard InChI is InChI=1S/C21H15ClFN3O2S2/c1-12-3-2-4-14(9-12)26-20(28)19-16(7-8-29-19)25-21(26)30-11-18(27)24-17-10-13(23)5-6-15(17)22/h2-10H,11H2,1H3,(H,24,27). The Morgan fingerprint density at radius 1 is 1.27 bits per heavy atom. The molecule has 0 aliphatic heterocycles. The third-order valence-corrected chi connectivity index (χ3v) is 6.40. The number of halogens is 2. The number of thiophene rings is 1. The Bertz CT molecular complexity index is 1320. The Balaban J connectivity index is 1.65. The second-order valence-electron chi connectivity index (χ2n) is 6.47. The van der Waals surface area contributed by atoms with E-state index in [0.717, 1.165) is 23.4 Å². The Kier molecular flexibility index (Phi) is 5.90. The van der Waals surface area contributed by atoms with E-state index >= 15 is 0 Å². The number of hydrogen-bond acceptors (Lipinski definition) is 5. The van der Waals surface area contributed by atoms with Gasteiger partial charge in [0.1, 0.15) is 10.5 Å². The molecule has 1 amide bonds. The predicted molar refractivity (Wildman–Crippen MR) is 121 cm³/mol. The molecule has 0 aliphatic carbocycles. The summed E-state index contributed by atoms with van der Waals surface area (Å²) >= 11 is 8.46. The first-order valence-corrected chi connectivity index (χ1v) is 11.1. The molecule has 0 aliphatic rings. The van der Waals surface area contributed by atoms with Gasteiger partial charge in [0, 0.05) is 0 Å². The molecule has 4 aromatic rings. The molecule has 0 atom stereocenters. The maximum absolute atomic E-state index is 13.4. The first kappa shape index (κ1) is 20.6. The zero-order valence-corrected chi connectivity index (χ0v) is 18.1. The molecule has 4 rings (SSSR count). The SMILES string of the molecule is Cc1cccc(-n2c(SCC(=O)Nc3cc(F)ccc3Cl)nc3ccsc3c2=O)c1. The van der Waals surface area contributed by atoms with Gasteiger partial charge in [-0.05, 0) is 54.3 Å². The van der Waals surface area contributed by atoms with Crippen LogP contribution in [-0.4, -0.2) is 21.2 Å². The van der Waals surface area contributed by atoms with Crippen molar-refractivity contribution < 1.29 is 9.18 Å². The second-order valence-corrected chi connectivity index (χ2v) is 8.74. The smallest absolute Gasteiger partial charge is 0.276 e. The van der Waals surface area contributed by atoms with Crippen LogP contribution in [0, 0.1) is 12.7 Å². The molecule has 0 saturated carbocycles. The van der Waals surface area contributed by atoms with Crippen molar-refractivity contribution in [2.24, 2.45) is 0 Å². The van der Waals surface area contributed by atoms with Crippen molar-refractivity contribution in [1.82, 2.24) is 9.55 Å². The Hall–Kier alpha value is -2.68. The monoisotopic (exact) mass is 459 g/mol. The van der Waals surface area contributed by atoms with Gasteiger partial charge in [-0.15, -0.1) is 11.3 Å². The van der Waals surface area contributed by atoms with E-state index in [1.807, 2.05) is 36.6 Å². The number of carbonyl (C=O) groups excluding carboxylic acids is 1. The highest BCUT2D eigenvalue weighted by molar-refractivity contribution is 7.99. The number of benzene rings is 2. The van der Waals surface area contributed by atoms with E-state index in [9.17, 15) is 14.0 Å². The lowest BCUT2D eigenvalue weighted by molar-refractivity contribution is -0.113. The van der Waals surface area contributed by atoms with E-state index in [2.05, 4.69) is 10.3 Å². The summed E-state index contributed by atoms with van der Waals surface area (Å²) < 4.78 is 15.5. The van der Waals surface area contributed by atoms with Crippen LogP contribution in [-0.2, 0) is 4.79 Å². The fourth-order valence-electron chi connectivity index (χ4n) is 2.89. The number of aryl methyl sites for hydroxylation is 1. The summed E-state index contributed by atoms with van der Waals surface area (Å²) in [6.45, 7) is 1.94. The van der Waals surface area contributed by atoms with Crippen LogP contribution in [0.25, 0.3) is 15.9 Å². The van der Waals surface area contributed by atoms with Crippen LogP contribution in [0.4, 0.5) is 10.1 Å². The molecule has 0 bridgehead atoms. The van der Waals surface area contributed by atoms with Crippen LogP contribution in [0.1, 0.15) is 5.56 Å². The molecule has 5 nitrogen and oxygen atoms in total. The van der Waals surface area contributed by atoms with Gasteiger partial charge < -0.3 is 5.32 Å². The van der Waals surface area contributed by atoms with Gasteiger partial charge in [-0.1, -0.05) is 35.5 Å². The minimum absolute atomic E-state index is 0.0270. The van der Waals surface area contributed by atoms with Crippen LogP contribution in [0.2, 0.25) is 5.02 Å². The number of nitrogens with one attached hydrogen (secondary N) is 1. The molecular weight excluding hydrogens is 445 g/mol. The Morgan fingerprint density at radius 3 is 2.90 bits per heavy atom.